The van der Waals surface area contributed by atoms with Crippen molar-refractivity contribution in [1.82, 2.24) is 9.78 Å². The van der Waals surface area contributed by atoms with Gasteiger partial charge in [0.05, 0.1) is 25.0 Å². The van der Waals surface area contributed by atoms with Gasteiger partial charge < -0.3 is 21.0 Å². The SMILES string of the molecule is CCC(CC)(C(=O)Nc1cnn(CCOC)c1)C(N)=NO. The third-order valence-electron chi connectivity index (χ3n) is 3.66. The molecule has 1 aromatic heterocycles. The number of nitrogens with zero attached hydrogens (tertiary/aromatic N) is 3. The molecule has 0 saturated heterocycles. The van der Waals surface area contributed by atoms with Crippen molar-refractivity contribution in [3.63, 3.8) is 0 Å². The molecule has 0 atom stereocenters. The minimum absolute atomic E-state index is 0.0863. The van der Waals surface area contributed by atoms with Gasteiger partial charge in [-0.2, -0.15) is 5.10 Å². The number of methoxy groups -OCH3 is 1. The van der Waals surface area contributed by atoms with Gasteiger partial charge in [-0.05, 0) is 12.8 Å². The Bertz CT molecular complexity index is 494. The zero-order valence-corrected chi connectivity index (χ0v) is 12.7. The lowest BCUT2D eigenvalue weighted by atomic mass is 9.80. The summed E-state index contributed by atoms with van der Waals surface area (Å²) in [5.74, 6) is -0.397. The van der Waals surface area contributed by atoms with Crippen LogP contribution in [0.25, 0.3) is 0 Å². The number of carbonyl (C=O) groups excluding carboxylic acids is 1. The maximum Gasteiger partial charge on any atom is 0.238 e. The van der Waals surface area contributed by atoms with Gasteiger partial charge in [-0.25, -0.2) is 0 Å². The Hall–Kier alpha value is -2.09. The van der Waals surface area contributed by atoms with Gasteiger partial charge >= 0.3 is 0 Å². The van der Waals surface area contributed by atoms with E-state index in [1.807, 2.05) is 13.8 Å². The van der Waals surface area contributed by atoms with Crippen LogP contribution in [0.1, 0.15) is 26.7 Å². The molecule has 118 valence electrons. The van der Waals surface area contributed by atoms with Gasteiger partial charge in [0.2, 0.25) is 5.91 Å². The molecule has 1 amide bonds. The molecule has 0 radical (unpaired) electrons. The van der Waals surface area contributed by atoms with Gasteiger partial charge in [0.15, 0.2) is 5.84 Å². The first-order valence-electron chi connectivity index (χ1n) is 6.84. The third-order valence-corrected chi connectivity index (χ3v) is 3.66. The average Bonchev–Trinajstić information content (AvgIpc) is 2.94. The van der Waals surface area contributed by atoms with E-state index in [2.05, 4.69) is 15.6 Å². The summed E-state index contributed by atoms with van der Waals surface area (Å²) >= 11 is 0. The standard InChI is InChI=1S/C13H23N5O3/c1-4-13(5-2,11(14)17-20)12(19)16-10-8-15-18(9-10)6-7-21-3/h8-9,20H,4-7H2,1-3H3,(H2,14,17)(H,16,19). The molecule has 0 saturated carbocycles. The Kier molecular flexibility index (Phi) is 6.16. The topological polar surface area (TPSA) is 115 Å². The normalized spacial score (nSPS) is 12.4. The van der Waals surface area contributed by atoms with Gasteiger partial charge in [0, 0.05) is 13.3 Å². The summed E-state index contributed by atoms with van der Waals surface area (Å²) < 4.78 is 6.63. The summed E-state index contributed by atoms with van der Waals surface area (Å²) in [6.45, 7) is 4.78. The van der Waals surface area contributed by atoms with E-state index in [1.54, 1.807) is 24.2 Å². The van der Waals surface area contributed by atoms with E-state index in [4.69, 9.17) is 15.7 Å². The number of carbonyl (C=O) groups is 1. The number of nitrogens with one attached hydrogen (secondary N) is 1. The van der Waals surface area contributed by atoms with Gasteiger partial charge in [0.25, 0.3) is 0 Å². The first-order valence-corrected chi connectivity index (χ1v) is 6.84. The summed E-state index contributed by atoms with van der Waals surface area (Å²) in [6, 6.07) is 0. The van der Waals surface area contributed by atoms with Crippen molar-refractivity contribution in [1.29, 1.82) is 0 Å². The van der Waals surface area contributed by atoms with Crippen LogP contribution < -0.4 is 11.1 Å². The molecule has 0 bridgehead atoms. The van der Waals surface area contributed by atoms with E-state index in [9.17, 15) is 4.79 Å². The fraction of sp³-hybridized carbons (Fsp3) is 0.615. The first kappa shape index (κ1) is 17.0. The Morgan fingerprint density at radius 2 is 2.24 bits per heavy atom. The van der Waals surface area contributed by atoms with Gasteiger partial charge in [-0.3, -0.25) is 9.48 Å². The van der Waals surface area contributed by atoms with Crippen LogP contribution in [0.15, 0.2) is 17.5 Å². The number of ether oxygens (including phenoxy) is 1. The summed E-state index contributed by atoms with van der Waals surface area (Å²) in [5, 5.41) is 18.8. The molecule has 0 unspecified atom stereocenters. The number of hydrogen-bond donors (Lipinski definition) is 3. The second kappa shape index (κ2) is 7.63. The number of amides is 1. The van der Waals surface area contributed by atoms with Crippen molar-refractivity contribution in [3.05, 3.63) is 12.4 Å². The Labute approximate surface area is 123 Å². The maximum atomic E-state index is 12.5. The predicted molar refractivity (Wildman–Crippen MR) is 79.2 cm³/mol. The fourth-order valence-electron chi connectivity index (χ4n) is 2.13. The monoisotopic (exact) mass is 297 g/mol. The maximum absolute atomic E-state index is 12.5. The highest BCUT2D eigenvalue weighted by Gasteiger charge is 2.39. The van der Waals surface area contributed by atoms with Crippen molar-refractivity contribution in [2.75, 3.05) is 19.0 Å². The molecule has 0 aromatic carbocycles. The highest BCUT2D eigenvalue weighted by Crippen LogP contribution is 2.28. The van der Waals surface area contributed by atoms with Crippen LogP contribution in [0.2, 0.25) is 0 Å². The van der Waals surface area contributed by atoms with Crippen LogP contribution in [0, 0.1) is 5.41 Å². The molecule has 1 rings (SSSR count). The van der Waals surface area contributed by atoms with Crippen LogP contribution in [0.4, 0.5) is 5.69 Å². The van der Waals surface area contributed by atoms with Crippen molar-refractivity contribution in [3.8, 4) is 0 Å². The molecule has 0 aliphatic rings. The summed E-state index contributed by atoms with van der Waals surface area (Å²) in [5.41, 5.74) is 5.24. The Morgan fingerprint density at radius 1 is 1.57 bits per heavy atom. The molecule has 8 nitrogen and oxygen atoms in total. The molecule has 4 N–H and O–H groups in total. The van der Waals surface area contributed by atoms with E-state index in [1.165, 1.54) is 0 Å². The number of aromatic nitrogens is 2. The largest absolute Gasteiger partial charge is 0.409 e. The smallest absolute Gasteiger partial charge is 0.238 e. The molecular formula is C13H23N5O3. The molecule has 1 heterocycles. The fourth-order valence-corrected chi connectivity index (χ4v) is 2.13. The Balaban J connectivity index is 2.85. The lowest BCUT2D eigenvalue weighted by molar-refractivity contribution is -0.122. The number of anilines is 1. The lowest BCUT2D eigenvalue weighted by Gasteiger charge is -2.28. The van der Waals surface area contributed by atoms with Gasteiger partial charge in [-0.1, -0.05) is 19.0 Å². The summed E-state index contributed by atoms with van der Waals surface area (Å²) in [7, 11) is 1.61. The van der Waals surface area contributed by atoms with E-state index in [-0.39, 0.29) is 11.7 Å². The summed E-state index contributed by atoms with van der Waals surface area (Å²) in [6.07, 6.45) is 4.13. The number of rotatable bonds is 8. The third kappa shape index (κ3) is 3.72. The average molecular weight is 297 g/mol. The van der Waals surface area contributed by atoms with E-state index < -0.39 is 5.41 Å². The minimum atomic E-state index is -1.02. The summed E-state index contributed by atoms with van der Waals surface area (Å²) in [4.78, 5) is 12.5. The molecule has 0 aliphatic carbocycles. The number of nitrogens with two attached hydrogens (primary N) is 1. The van der Waals surface area contributed by atoms with Crippen molar-refractivity contribution >= 4 is 17.4 Å². The zero-order valence-electron chi connectivity index (χ0n) is 12.7. The molecule has 0 spiro atoms. The van der Waals surface area contributed by atoms with Crippen LogP contribution in [-0.4, -0.2) is 40.4 Å². The lowest BCUT2D eigenvalue weighted by Crippen LogP contribution is -2.46. The van der Waals surface area contributed by atoms with Crippen LogP contribution >= 0.6 is 0 Å². The second-order valence-corrected chi connectivity index (χ2v) is 4.71. The van der Waals surface area contributed by atoms with E-state index in [0.29, 0.717) is 31.7 Å². The van der Waals surface area contributed by atoms with Crippen molar-refractivity contribution < 1.29 is 14.7 Å². The molecule has 21 heavy (non-hydrogen) atoms. The highest BCUT2D eigenvalue weighted by molar-refractivity contribution is 6.11. The quantitative estimate of drug-likeness (QED) is 0.287. The molecule has 8 heteroatoms. The second-order valence-electron chi connectivity index (χ2n) is 4.71. The van der Waals surface area contributed by atoms with Gasteiger partial charge in [0.1, 0.15) is 5.41 Å². The Morgan fingerprint density at radius 3 is 2.76 bits per heavy atom. The first-order chi connectivity index (χ1) is 10.0. The van der Waals surface area contributed by atoms with Gasteiger partial charge in [-0.15, -0.1) is 0 Å². The van der Waals surface area contributed by atoms with Crippen LogP contribution in [0.5, 0.6) is 0 Å². The molecule has 0 aliphatic heterocycles. The van der Waals surface area contributed by atoms with E-state index >= 15 is 0 Å². The number of amidine groups is 1. The minimum Gasteiger partial charge on any atom is -0.409 e. The van der Waals surface area contributed by atoms with E-state index in [0.717, 1.165) is 0 Å². The number of hydrogen-bond acceptors (Lipinski definition) is 5. The van der Waals surface area contributed by atoms with Crippen molar-refractivity contribution in [2.45, 2.75) is 33.2 Å². The van der Waals surface area contributed by atoms with Crippen molar-refractivity contribution in [2.24, 2.45) is 16.3 Å². The molecular weight excluding hydrogens is 274 g/mol. The predicted octanol–water partition coefficient (Wildman–Crippen LogP) is 1.02. The van der Waals surface area contributed by atoms with Crippen LogP contribution in [-0.2, 0) is 16.1 Å². The number of oxime groups is 1. The molecule has 1 aromatic rings. The zero-order chi connectivity index (χ0) is 15.9. The highest BCUT2D eigenvalue weighted by atomic mass is 16.5. The van der Waals surface area contributed by atoms with Crippen LogP contribution in [0.3, 0.4) is 0 Å². The molecule has 0 fully saturated rings.